The molecular formula is C14H19NO6. The predicted octanol–water partition coefficient (Wildman–Crippen LogP) is 0.636. The Balaban J connectivity index is 2.45. The van der Waals surface area contributed by atoms with E-state index in [1.807, 2.05) is 0 Å². The lowest BCUT2D eigenvalue weighted by Crippen LogP contribution is -2.39. The number of nitrogens with one attached hydrogen (secondary N) is 1. The summed E-state index contributed by atoms with van der Waals surface area (Å²) in [6.45, 7) is 0.192. The van der Waals surface area contributed by atoms with Crippen molar-refractivity contribution in [2.75, 3.05) is 13.7 Å². The number of benzene rings is 1. The smallest absolute Gasteiger partial charge is 0.321 e. The molecule has 0 radical (unpaired) electrons. The summed E-state index contributed by atoms with van der Waals surface area (Å²) in [5.74, 6) is -1.74. The summed E-state index contributed by atoms with van der Waals surface area (Å²) in [5.41, 5.74) is 0.683. The number of methoxy groups -OCH3 is 1. The third-order valence-electron chi connectivity index (χ3n) is 2.99. The van der Waals surface area contributed by atoms with E-state index < -0.39 is 30.5 Å². The standard InChI is InChI=1S/C14H19NO6/c1-21-10-4-2-9(3-5-10)12(16)6-7-15-11(14(19)20)8-13(17)18/h2-5,11-12,15-16H,6-8H2,1H3,(H,17,18)(H,19,20). The normalized spacial score (nSPS) is 13.4. The van der Waals surface area contributed by atoms with Crippen molar-refractivity contribution in [2.24, 2.45) is 0 Å². The molecule has 0 bridgehead atoms. The Hall–Kier alpha value is -2.12. The van der Waals surface area contributed by atoms with Gasteiger partial charge in [-0.25, -0.2) is 0 Å². The zero-order valence-corrected chi connectivity index (χ0v) is 11.7. The maximum Gasteiger partial charge on any atom is 0.321 e. The number of carbonyl (C=O) groups is 2. The van der Waals surface area contributed by atoms with Crippen LogP contribution in [-0.2, 0) is 9.59 Å². The van der Waals surface area contributed by atoms with Gasteiger partial charge in [-0.3, -0.25) is 9.59 Å². The fourth-order valence-corrected chi connectivity index (χ4v) is 1.81. The van der Waals surface area contributed by atoms with Crippen molar-refractivity contribution in [3.05, 3.63) is 29.8 Å². The molecular weight excluding hydrogens is 278 g/mol. The second kappa shape index (κ2) is 8.23. The molecule has 7 heteroatoms. The van der Waals surface area contributed by atoms with Crippen molar-refractivity contribution >= 4 is 11.9 Å². The van der Waals surface area contributed by atoms with Gasteiger partial charge in [-0.1, -0.05) is 12.1 Å². The topological polar surface area (TPSA) is 116 Å². The van der Waals surface area contributed by atoms with Crippen LogP contribution in [0.5, 0.6) is 5.75 Å². The summed E-state index contributed by atoms with van der Waals surface area (Å²) >= 11 is 0. The van der Waals surface area contributed by atoms with E-state index in [4.69, 9.17) is 14.9 Å². The SMILES string of the molecule is COc1ccc(C(O)CCNC(CC(=O)O)C(=O)O)cc1. The summed E-state index contributed by atoms with van der Waals surface area (Å²) in [4.78, 5) is 21.4. The van der Waals surface area contributed by atoms with Gasteiger partial charge < -0.3 is 25.4 Å². The molecule has 0 aliphatic carbocycles. The lowest BCUT2D eigenvalue weighted by molar-refractivity contribution is -0.145. The van der Waals surface area contributed by atoms with Crippen LogP contribution in [0.15, 0.2) is 24.3 Å². The minimum Gasteiger partial charge on any atom is -0.497 e. The molecule has 0 spiro atoms. The van der Waals surface area contributed by atoms with Gasteiger partial charge in [0.1, 0.15) is 11.8 Å². The highest BCUT2D eigenvalue weighted by Gasteiger charge is 2.20. The Labute approximate surface area is 122 Å². The Kier molecular flexibility index (Phi) is 6.64. The van der Waals surface area contributed by atoms with E-state index in [-0.39, 0.29) is 13.0 Å². The van der Waals surface area contributed by atoms with Gasteiger partial charge in [-0.05, 0) is 30.7 Å². The molecule has 0 aliphatic rings. The van der Waals surface area contributed by atoms with Gasteiger partial charge in [-0.15, -0.1) is 0 Å². The van der Waals surface area contributed by atoms with Gasteiger partial charge in [0.05, 0.1) is 19.6 Å². The average molecular weight is 297 g/mol. The minimum absolute atomic E-state index is 0.192. The first kappa shape index (κ1) is 16.9. The molecule has 21 heavy (non-hydrogen) atoms. The molecule has 0 heterocycles. The van der Waals surface area contributed by atoms with Crippen LogP contribution in [0.25, 0.3) is 0 Å². The summed E-state index contributed by atoms with van der Waals surface area (Å²) in [6.07, 6.45) is -0.994. The number of aliphatic hydroxyl groups is 1. The zero-order valence-electron chi connectivity index (χ0n) is 11.7. The predicted molar refractivity (Wildman–Crippen MR) is 74.3 cm³/mol. The summed E-state index contributed by atoms with van der Waals surface area (Å²) in [7, 11) is 1.55. The first-order valence-corrected chi connectivity index (χ1v) is 6.44. The summed E-state index contributed by atoms with van der Waals surface area (Å²) in [5, 5.41) is 30.0. The number of aliphatic carboxylic acids is 2. The van der Waals surface area contributed by atoms with Crippen molar-refractivity contribution in [1.29, 1.82) is 0 Å². The molecule has 1 aromatic rings. The van der Waals surface area contributed by atoms with Crippen molar-refractivity contribution in [3.8, 4) is 5.75 Å². The van der Waals surface area contributed by atoms with E-state index in [2.05, 4.69) is 5.32 Å². The number of carboxylic acid groups (broad SMARTS) is 2. The molecule has 1 aromatic carbocycles. The first-order chi connectivity index (χ1) is 9.93. The lowest BCUT2D eigenvalue weighted by atomic mass is 10.1. The Morgan fingerprint density at radius 1 is 1.24 bits per heavy atom. The van der Waals surface area contributed by atoms with Gasteiger partial charge in [0.15, 0.2) is 0 Å². The number of carboxylic acids is 2. The number of aliphatic hydroxyl groups excluding tert-OH is 1. The number of ether oxygens (including phenoxy) is 1. The lowest BCUT2D eigenvalue weighted by Gasteiger charge is -2.15. The molecule has 0 fully saturated rings. The molecule has 0 saturated heterocycles. The second-order valence-electron chi connectivity index (χ2n) is 4.52. The van der Waals surface area contributed by atoms with Crippen LogP contribution < -0.4 is 10.1 Å². The molecule has 116 valence electrons. The van der Waals surface area contributed by atoms with Crippen molar-refractivity contribution in [1.82, 2.24) is 5.32 Å². The number of rotatable bonds is 9. The van der Waals surface area contributed by atoms with E-state index in [0.717, 1.165) is 0 Å². The number of hydrogen-bond acceptors (Lipinski definition) is 5. The minimum atomic E-state index is -1.23. The molecule has 0 amide bonds. The van der Waals surface area contributed by atoms with Crippen LogP contribution in [0.4, 0.5) is 0 Å². The van der Waals surface area contributed by atoms with Crippen molar-refractivity contribution < 1.29 is 29.6 Å². The monoisotopic (exact) mass is 297 g/mol. The van der Waals surface area contributed by atoms with Gasteiger partial charge in [0.25, 0.3) is 0 Å². The van der Waals surface area contributed by atoms with Crippen molar-refractivity contribution in [2.45, 2.75) is 25.0 Å². The second-order valence-corrected chi connectivity index (χ2v) is 4.52. The van der Waals surface area contributed by atoms with Gasteiger partial charge in [-0.2, -0.15) is 0 Å². The van der Waals surface area contributed by atoms with Gasteiger partial charge in [0.2, 0.25) is 0 Å². The Morgan fingerprint density at radius 3 is 2.33 bits per heavy atom. The third kappa shape index (κ3) is 5.80. The maximum atomic E-state index is 10.8. The molecule has 0 aliphatic heterocycles. The highest BCUT2D eigenvalue weighted by molar-refractivity contribution is 5.80. The molecule has 7 nitrogen and oxygen atoms in total. The number of hydrogen-bond donors (Lipinski definition) is 4. The van der Waals surface area contributed by atoms with E-state index in [1.165, 1.54) is 0 Å². The Morgan fingerprint density at radius 2 is 1.86 bits per heavy atom. The van der Waals surface area contributed by atoms with Crippen LogP contribution in [0.3, 0.4) is 0 Å². The van der Waals surface area contributed by atoms with Crippen molar-refractivity contribution in [3.63, 3.8) is 0 Å². The molecule has 0 saturated carbocycles. The summed E-state index contributed by atoms with van der Waals surface area (Å²) in [6, 6.07) is 5.71. The average Bonchev–Trinajstić information content (AvgIpc) is 2.45. The quantitative estimate of drug-likeness (QED) is 0.528. The summed E-state index contributed by atoms with van der Waals surface area (Å²) < 4.78 is 5.01. The fourth-order valence-electron chi connectivity index (χ4n) is 1.81. The molecule has 1 rings (SSSR count). The van der Waals surface area contributed by atoms with Crippen LogP contribution in [-0.4, -0.2) is 47.0 Å². The van der Waals surface area contributed by atoms with Gasteiger partial charge >= 0.3 is 11.9 Å². The van der Waals surface area contributed by atoms with E-state index in [9.17, 15) is 14.7 Å². The Bertz CT molecular complexity index is 473. The first-order valence-electron chi connectivity index (χ1n) is 6.44. The highest BCUT2D eigenvalue weighted by Crippen LogP contribution is 2.19. The van der Waals surface area contributed by atoms with Crippen LogP contribution in [0.2, 0.25) is 0 Å². The van der Waals surface area contributed by atoms with Gasteiger partial charge in [0, 0.05) is 0 Å². The van der Waals surface area contributed by atoms with Crippen LogP contribution in [0, 0.1) is 0 Å². The van der Waals surface area contributed by atoms with E-state index in [1.54, 1.807) is 31.4 Å². The largest absolute Gasteiger partial charge is 0.497 e. The van der Waals surface area contributed by atoms with Crippen LogP contribution in [0.1, 0.15) is 24.5 Å². The molecule has 0 aromatic heterocycles. The zero-order chi connectivity index (χ0) is 15.8. The third-order valence-corrected chi connectivity index (χ3v) is 2.99. The molecule has 4 N–H and O–H groups in total. The van der Waals surface area contributed by atoms with E-state index >= 15 is 0 Å². The maximum absolute atomic E-state index is 10.8. The fraction of sp³-hybridized carbons (Fsp3) is 0.429. The molecule has 2 atom stereocenters. The van der Waals surface area contributed by atoms with E-state index in [0.29, 0.717) is 11.3 Å². The molecule has 2 unspecified atom stereocenters. The van der Waals surface area contributed by atoms with Crippen LogP contribution >= 0.6 is 0 Å². The highest BCUT2D eigenvalue weighted by atomic mass is 16.5.